The minimum Gasteiger partial charge on any atom is -0.497 e. The molecule has 1 atom stereocenters. The van der Waals surface area contributed by atoms with Gasteiger partial charge < -0.3 is 14.8 Å². The molecular formula is C23H26FNO4. The van der Waals surface area contributed by atoms with Crippen molar-refractivity contribution >= 4 is 11.9 Å². The highest BCUT2D eigenvalue weighted by Crippen LogP contribution is 2.43. The van der Waals surface area contributed by atoms with Crippen LogP contribution in [0, 0.1) is 5.82 Å². The zero-order chi connectivity index (χ0) is 20.9. The lowest BCUT2D eigenvalue weighted by Gasteiger charge is -2.29. The Morgan fingerprint density at radius 1 is 1.10 bits per heavy atom. The van der Waals surface area contributed by atoms with Gasteiger partial charge in [0, 0.05) is 12.1 Å². The van der Waals surface area contributed by atoms with Crippen LogP contribution >= 0.6 is 0 Å². The van der Waals surface area contributed by atoms with Crippen molar-refractivity contribution < 1.29 is 23.5 Å². The zero-order valence-corrected chi connectivity index (χ0v) is 16.7. The second-order valence-electron chi connectivity index (χ2n) is 7.38. The highest BCUT2D eigenvalue weighted by Gasteiger charge is 2.46. The van der Waals surface area contributed by atoms with Crippen molar-refractivity contribution in [2.45, 2.75) is 50.7 Å². The van der Waals surface area contributed by atoms with Gasteiger partial charge in [0.1, 0.15) is 11.6 Å². The molecule has 1 aliphatic carbocycles. The summed E-state index contributed by atoms with van der Waals surface area (Å²) in [7, 11) is 1.59. The van der Waals surface area contributed by atoms with Crippen molar-refractivity contribution in [3.63, 3.8) is 0 Å². The van der Waals surface area contributed by atoms with E-state index in [4.69, 9.17) is 9.47 Å². The first-order valence-electron chi connectivity index (χ1n) is 9.83. The van der Waals surface area contributed by atoms with Gasteiger partial charge in [0.2, 0.25) is 0 Å². The number of nitrogens with one attached hydrogen (secondary N) is 1. The van der Waals surface area contributed by atoms with E-state index in [1.165, 1.54) is 13.0 Å². The van der Waals surface area contributed by atoms with Crippen molar-refractivity contribution in [2.75, 3.05) is 7.11 Å². The first-order chi connectivity index (χ1) is 14.0. The van der Waals surface area contributed by atoms with Crippen molar-refractivity contribution in [3.05, 3.63) is 65.5 Å². The summed E-state index contributed by atoms with van der Waals surface area (Å²) in [5.74, 6) is -0.608. The topological polar surface area (TPSA) is 64.6 Å². The minimum atomic E-state index is -1.02. The number of ether oxygens (including phenoxy) is 2. The fraction of sp³-hybridized carbons (Fsp3) is 0.391. The average Bonchev–Trinajstić information content (AvgIpc) is 3.23. The molecule has 1 saturated carbocycles. The van der Waals surface area contributed by atoms with E-state index < -0.39 is 29.2 Å². The zero-order valence-electron chi connectivity index (χ0n) is 16.7. The first kappa shape index (κ1) is 20.8. The van der Waals surface area contributed by atoms with Gasteiger partial charge in [0.15, 0.2) is 6.10 Å². The quantitative estimate of drug-likeness (QED) is 0.718. The van der Waals surface area contributed by atoms with E-state index in [9.17, 15) is 14.0 Å². The number of rotatable bonds is 7. The molecule has 1 amide bonds. The number of carbonyl (C=O) groups excluding carboxylic acids is 2. The molecule has 0 aliphatic heterocycles. The van der Waals surface area contributed by atoms with Gasteiger partial charge >= 0.3 is 5.97 Å². The molecule has 2 aromatic rings. The third-order valence-corrected chi connectivity index (χ3v) is 5.52. The van der Waals surface area contributed by atoms with Crippen molar-refractivity contribution in [3.8, 4) is 5.75 Å². The van der Waals surface area contributed by atoms with Crippen LogP contribution in [0.1, 0.15) is 43.7 Å². The van der Waals surface area contributed by atoms with Crippen LogP contribution in [0.3, 0.4) is 0 Å². The number of amides is 1. The largest absolute Gasteiger partial charge is 0.497 e. The molecule has 0 saturated heterocycles. The van der Waals surface area contributed by atoms with Crippen LogP contribution < -0.4 is 10.1 Å². The first-order valence-corrected chi connectivity index (χ1v) is 9.83. The summed E-state index contributed by atoms with van der Waals surface area (Å²) >= 11 is 0. The Labute approximate surface area is 170 Å². The number of hydrogen-bond donors (Lipinski definition) is 1. The maximum atomic E-state index is 14.4. The van der Waals surface area contributed by atoms with Crippen LogP contribution in [0.15, 0.2) is 48.5 Å². The van der Waals surface area contributed by atoms with Gasteiger partial charge in [0.25, 0.3) is 5.91 Å². The van der Waals surface area contributed by atoms with Gasteiger partial charge in [0.05, 0.1) is 12.5 Å². The lowest BCUT2D eigenvalue weighted by atomic mass is 9.78. The van der Waals surface area contributed by atoms with E-state index >= 15 is 0 Å². The molecule has 0 bridgehead atoms. The molecule has 1 N–H and O–H groups in total. The van der Waals surface area contributed by atoms with Crippen LogP contribution in [0.2, 0.25) is 0 Å². The predicted octanol–water partition coefficient (Wildman–Crippen LogP) is 3.89. The van der Waals surface area contributed by atoms with Crippen LogP contribution in [0.5, 0.6) is 5.75 Å². The third-order valence-electron chi connectivity index (χ3n) is 5.52. The fourth-order valence-corrected chi connectivity index (χ4v) is 3.81. The number of halogens is 1. The molecule has 0 spiro atoms. The molecule has 6 heteroatoms. The number of methoxy groups -OCH3 is 1. The maximum Gasteiger partial charge on any atom is 0.317 e. The van der Waals surface area contributed by atoms with E-state index in [-0.39, 0.29) is 0 Å². The van der Waals surface area contributed by atoms with Gasteiger partial charge in [-0.2, -0.15) is 0 Å². The molecule has 0 radical (unpaired) electrons. The molecular weight excluding hydrogens is 373 g/mol. The Morgan fingerprint density at radius 2 is 1.76 bits per heavy atom. The monoisotopic (exact) mass is 399 g/mol. The van der Waals surface area contributed by atoms with Crippen LogP contribution in [0.4, 0.5) is 4.39 Å². The number of carbonyl (C=O) groups is 2. The molecule has 3 rings (SSSR count). The van der Waals surface area contributed by atoms with Gasteiger partial charge in [-0.05, 0) is 43.5 Å². The average molecular weight is 399 g/mol. The van der Waals surface area contributed by atoms with E-state index in [0.717, 1.165) is 24.2 Å². The smallest absolute Gasteiger partial charge is 0.317 e. The normalized spacial score (nSPS) is 16.1. The molecule has 5 nitrogen and oxygen atoms in total. The summed E-state index contributed by atoms with van der Waals surface area (Å²) in [5.41, 5.74) is 0.236. The minimum absolute atomic E-state index is 0.309. The molecule has 1 fully saturated rings. The second-order valence-corrected chi connectivity index (χ2v) is 7.38. The van der Waals surface area contributed by atoms with Crippen LogP contribution in [0.25, 0.3) is 0 Å². The fourth-order valence-electron chi connectivity index (χ4n) is 3.81. The van der Waals surface area contributed by atoms with Crippen LogP contribution in [-0.4, -0.2) is 25.1 Å². The van der Waals surface area contributed by atoms with Gasteiger partial charge in [-0.1, -0.05) is 43.2 Å². The Morgan fingerprint density at radius 3 is 2.38 bits per heavy atom. The third kappa shape index (κ3) is 4.58. The molecule has 1 aliphatic rings. The van der Waals surface area contributed by atoms with Gasteiger partial charge in [-0.15, -0.1) is 0 Å². The van der Waals surface area contributed by atoms with Crippen molar-refractivity contribution in [1.29, 1.82) is 0 Å². The standard InChI is InChI=1S/C23H26FNO4/c1-16(21(26)25-15-17-9-11-18(28-2)12-10-17)29-22(27)23(13-5-6-14-23)19-7-3-4-8-20(19)24/h3-4,7-12,16H,5-6,13-15H2,1-2H3,(H,25,26)/t16-/m0/s1. The second kappa shape index (κ2) is 9.07. The molecule has 2 aromatic carbocycles. The summed E-state index contributed by atoms with van der Waals surface area (Å²) in [4.78, 5) is 25.4. The molecule has 0 unspecified atom stereocenters. The number of benzene rings is 2. The van der Waals surface area contributed by atoms with E-state index in [2.05, 4.69) is 5.32 Å². The lowest BCUT2D eigenvalue weighted by Crippen LogP contribution is -2.42. The Bertz CT molecular complexity index is 859. The molecule has 29 heavy (non-hydrogen) atoms. The number of esters is 1. The summed E-state index contributed by atoms with van der Waals surface area (Å²) in [6.45, 7) is 1.84. The van der Waals surface area contributed by atoms with E-state index in [1.807, 2.05) is 24.3 Å². The Hall–Kier alpha value is -2.89. The lowest BCUT2D eigenvalue weighted by molar-refractivity contribution is -0.160. The summed E-state index contributed by atoms with van der Waals surface area (Å²) in [6, 6.07) is 13.6. The Balaban J connectivity index is 1.63. The summed E-state index contributed by atoms with van der Waals surface area (Å²) < 4.78 is 25.0. The van der Waals surface area contributed by atoms with Crippen molar-refractivity contribution in [1.82, 2.24) is 5.32 Å². The summed E-state index contributed by atoms with van der Waals surface area (Å²) in [6.07, 6.45) is 1.72. The predicted molar refractivity (Wildman–Crippen MR) is 107 cm³/mol. The highest BCUT2D eigenvalue weighted by atomic mass is 19.1. The molecule has 154 valence electrons. The van der Waals surface area contributed by atoms with Gasteiger partial charge in [-0.25, -0.2) is 4.39 Å². The highest BCUT2D eigenvalue weighted by molar-refractivity contribution is 5.88. The number of hydrogen-bond acceptors (Lipinski definition) is 4. The van der Waals surface area contributed by atoms with Crippen molar-refractivity contribution in [2.24, 2.45) is 0 Å². The van der Waals surface area contributed by atoms with Crippen LogP contribution in [-0.2, 0) is 26.3 Å². The SMILES string of the molecule is COc1ccc(CNC(=O)[C@H](C)OC(=O)C2(c3ccccc3F)CCCC2)cc1. The molecule has 0 aromatic heterocycles. The van der Waals surface area contributed by atoms with E-state index in [0.29, 0.717) is 24.9 Å². The maximum absolute atomic E-state index is 14.4. The van der Waals surface area contributed by atoms with Gasteiger partial charge in [-0.3, -0.25) is 9.59 Å². The van der Waals surface area contributed by atoms with E-state index in [1.54, 1.807) is 25.3 Å². The summed E-state index contributed by atoms with van der Waals surface area (Å²) in [5, 5.41) is 2.76. The molecule has 0 heterocycles. The Kier molecular flexibility index (Phi) is 6.52.